The first-order chi connectivity index (χ1) is 14.9. The van der Waals surface area contributed by atoms with Gasteiger partial charge in [0.05, 0.1) is 22.2 Å². The van der Waals surface area contributed by atoms with Crippen LogP contribution in [0.15, 0.2) is 47.4 Å². The number of rotatable bonds is 6. The molecule has 158 valence electrons. The second-order valence-electron chi connectivity index (χ2n) is 6.47. The number of amides is 2. The van der Waals surface area contributed by atoms with Gasteiger partial charge < -0.3 is 9.47 Å². The summed E-state index contributed by atoms with van der Waals surface area (Å²) in [5, 5.41) is 3.27. The number of carbonyl (C=O) groups excluding carboxylic acids is 2. The Kier molecular flexibility index (Phi) is 6.21. The van der Waals surface area contributed by atoms with Gasteiger partial charge in [-0.2, -0.15) is 0 Å². The van der Waals surface area contributed by atoms with E-state index in [-0.39, 0.29) is 18.4 Å². The molecule has 0 radical (unpaired) electrons. The van der Waals surface area contributed by atoms with Crippen LogP contribution in [-0.2, 0) is 9.59 Å². The normalized spacial score (nSPS) is 15.0. The Hall–Kier alpha value is -2.95. The molecule has 1 aliphatic rings. The van der Waals surface area contributed by atoms with Crippen LogP contribution in [0.3, 0.4) is 0 Å². The number of methoxy groups -OCH3 is 1. The maximum atomic E-state index is 12.3. The first-order valence-electron chi connectivity index (χ1n) is 9.12. The van der Waals surface area contributed by atoms with Crippen molar-refractivity contribution in [3.8, 4) is 11.5 Å². The maximum absolute atomic E-state index is 12.3. The first kappa shape index (κ1) is 21.3. The number of nitrogens with one attached hydrogen (secondary N) is 1. The second-order valence-corrected chi connectivity index (χ2v) is 9.18. The Labute approximate surface area is 192 Å². The van der Waals surface area contributed by atoms with Gasteiger partial charge in [-0.1, -0.05) is 53.5 Å². The van der Waals surface area contributed by atoms with E-state index in [2.05, 4.69) is 10.3 Å². The van der Waals surface area contributed by atoms with Crippen LogP contribution in [0.4, 0.5) is 5.13 Å². The van der Waals surface area contributed by atoms with Gasteiger partial charge >= 0.3 is 0 Å². The first-order valence-corrected chi connectivity index (χ1v) is 11.2. The van der Waals surface area contributed by atoms with Crippen molar-refractivity contribution in [2.24, 2.45) is 0 Å². The van der Waals surface area contributed by atoms with Crippen LogP contribution >= 0.6 is 35.3 Å². The molecule has 4 rings (SSSR count). The minimum atomic E-state index is -0.322. The van der Waals surface area contributed by atoms with Crippen molar-refractivity contribution in [1.82, 2.24) is 9.88 Å². The van der Waals surface area contributed by atoms with Gasteiger partial charge in [-0.3, -0.25) is 19.8 Å². The van der Waals surface area contributed by atoms with Gasteiger partial charge in [-0.15, -0.1) is 0 Å². The number of likely N-dealkylation sites (N-methyl/N-ethyl adjacent to an activating group) is 1. The van der Waals surface area contributed by atoms with Gasteiger partial charge in [0.1, 0.15) is 4.32 Å². The van der Waals surface area contributed by atoms with Crippen LogP contribution in [0.25, 0.3) is 16.3 Å². The number of hydrogen-bond donors (Lipinski definition) is 1. The SMILES string of the molecule is COc1cc(/C=C2\SC(=S)N(C)C2=O)ccc1OCC(=O)Nc1nc2ccccc2s1. The molecule has 0 spiro atoms. The van der Waals surface area contributed by atoms with Crippen molar-refractivity contribution in [1.29, 1.82) is 0 Å². The van der Waals surface area contributed by atoms with Crippen molar-refractivity contribution in [3.63, 3.8) is 0 Å². The fourth-order valence-electron chi connectivity index (χ4n) is 2.81. The standard InChI is InChI=1S/C21H17N3O4S3/c1-24-19(26)17(31-21(24)29)10-12-7-8-14(15(9-12)27-2)28-11-18(25)23-20-22-13-5-3-4-6-16(13)30-20/h3-10H,11H2,1-2H3,(H,22,23,25)/b17-10-. The van der Waals surface area contributed by atoms with Crippen LogP contribution in [0, 0.1) is 0 Å². The van der Waals surface area contributed by atoms with Crippen molar-refractivity contribution < 1.29 is 19.1 Å². The quantitative estimate of drug-likeness (QED) is 0.427. The van der Waals surface area contributed by atoms with Gasteiger partial charge in [0, 0.05) is 7.05 Å². The third-order valence-corrected chi connectivity index (χ3v) is 6.81. The highest BCUT2D eigenvalue weighted by atomic mass is 32.2. The molecule has 3 aromatic rings. The minimum Gasteiger partial charge on any atom is -0.493 e. The number of nitrogens with zero attached hydrogens (tertiary/aromatic N) is 2. The number of thiazole rings is 1. The highest BCUT2D eigenvalue weighted by molar-refractivity contribution is 8.26. The predicted molar refractivity (Wildman–Crippen MR) is 128 cm³/mol. The Bertz CT molecular complexity index is 1190. The number of fused-ring (bicyclic) bond motifs is 1. The molecule has 31 heavy (non-hydrogen) atoms. The number of hydrogen-bond acceptors (Lipinski definition) is 8. The summed E-state index contributed by atoms with van der Waals surface area (Å²) in [6.45, 7) is -0.194. The lowest BCUT2D eigenvalue weighted by Gasteiger charge is -2.11. The second kappa shape index (κ2) is 9.04. The molecule has 1 saturated heterocycles. The zero-order chi connectivity index (χ0) is 22.0. The molecular weight excluding hydrogens is 454 g/mol. The highest BCUT2D eigenvalue weighted by Gasteiger charge is 2.28. The summed E-state index contributed by atoms with van der Waals surface area (Å²) >= 11 is 7.80. The van der Waals surface area contributed by atoms with Crippen molar-refractivity contribution >= 4 is 72.9 Å². The van der Waals surface area contributed by atoms with E-state index >= 15 is 0 Å². The summed E-state index contributed by atoms with van der Waals surface area (Å²) in [5.74, 6) is 0.410. The van der Waals surface area contributed by atoms with Crippen molar-refractivity contribution in [3.05, 3.63) is 52.9 Å². The van der Waals surface area contributed by atoms with E-state index in [4.69, 9.17) is 21.7 Å². The third kappa shape index (κ3) is 4.71. The fraction of sp³-hybridized carbons (Fsp3) is 0.143. The van der Waals surface area contributed by atoms with Gasteiger partial charge in [0.2, 0.25) is 0 Å². The third-order valence-electron chi connectivity index (χ3n) is 4.37. The molecule has 1 N–H and O–H groups in total. The summed E-state index contributed by atoms with van der Waals surface area (Å²) in [6, 6.07) is 12.9. The van der Waals surface area contributed by atoms with E-state index in [0.717, 1.165) is 15.8 Å². The number of ether oxygens (including phenoxy) is 2. The van der Waals surface area contributed by atoms with Gasteiger partial charge in [0.15, 0.2) is 23.2 Å². The van der Waals surface area contributed by atoms with Gasteiger partial charge in [-0.25, -0.2) is 4.98 Å². The Morgan fingerprint density at radius 3 is 2.77 bits per heavy atom. The minimum absolute atomic E-state index is 0.138. The fourth-order valence-corrected chi connectivity index (χ4v) is 4.88. The molecule has 1 aromatic heterocycles. The predicted octanol–water partition coefficient (Wildman–Crippen LogP) is 4.15. The maximum Gasteiger partial charge on any atom is 0.265 e. The van der Waals surface area contributed by atoms with Crippen LogP contribution in [0.2, 0.25) is 0 Å². The van der Waals surface area contributed by atoms with E-state index in [1.165, 1.54) is 35.1 Å². The van der Waals surface area contributed by atoms with E-state index in [1.807, 2.05) is 24.3 Å². The van der Waals surface area contributed by atoms with Crippen LogP contribution in [-0.4, -0.2) is 46.8 Å². The lowest BCUT2D eigenvalue weighted by atomic mass is 10.2. The largest absolute Gasteiger partial charge is 0.493 e. The number of para-hydroxylation sites is 1. The molecule has 0 saturated carbocycles. The smallest absolute Gasteiger partial charge is 0.265 e. The summed E-state index contributed by atoms with van der Waals surface area (Å²) in [6.07, 6.45) is 1.74. The molecule has 0 unspecified atom stereocenters. The monoisotopic (exact) mass is 471 g/mol. The number of thiocarbonyl (C=S) groups is 1. The number of aromatic nitrogens is 1. The lowest BCUT2D eigenvalue weighted by Crippen LogP contribution is -2.22. The van der Waals surface area contributed by atoms with E-state index in [0.29, 0.717) is 25.9 Å². The summed E-state index contributed by atoms with van der Waals surface area (Å²) in [4.78, 5) is 30.8. The zero-order valence-electron chi connectivity index (χ0n) is 16.6. The van der Waals surface area contributed by atoms with E-state index in [9.17, 15) is 9.59 Å². The van der Waals surface area contributed by atoms with Gasteiger partial charge in [0.25, 0.3) is 11.8 Å². The molecule has 2 aromatic carbocycles. The molecule has 2 amide bonds. The van der Waals surface area contributed by atoms with E-state index < -0.39 is 0 Å². The number of carbonyl (C=O) groups is 2. The van der Waals surface area contributed by atoms with E-state index in [1.54, 1.807) is 31.3 Å². The average Bonchev–Trinajstić information content (AvgIpc) is 3.28. The number of benzene rings is 2. The summed E-state index contributed by atoms with van der Waals surface area (Å²) in [7, 11) is 3.16. The average molecular weight is 472 g/mol. The van der Waals surface area contributed by atoms with Crippen molar-refractivity contribution in [2.45, 2.75) is 0 Å². The molecule has 0 aliphatic carbocycles. The molecule has 1 aliphatic heterocycles. The topological polar surface area (TPSA) is 80.8 Å². The molecule has 10 heteroatoms. The zero-order valence-corrected chi connectivity index (χ0v) is 19.0. The Balaban J connectivity index is 1.42. The Morgan fingerprint density at radius 1 is 1.26 bits per heavy atom. The van der Waals surface area contributed by atoms with Gasteiger partial charge in [-0.05, 0) is 35.9 Å². The summed E-state index contributed by atoms with van der Waals surface area (Å²) < 4.78 is 12.5. The van der Waals surface area contributed by atoms with Crippen molar-refractivity contribution in [2.75, 3.05) is 26.1 Å². The van der Waals surface area contributed by atoms with Crippen LogP contribution < -0.4 is 14.8 Å². The van der Waals surface area contributed by atoms with Crippen LogP contribution in [0.1, 0.15) is 5.56 Å². The number of thioether (sulfide) groups is 1. The molecule has 0 bridgehead atoms. The van der Waals surface area contributed by atoms with Crippen LogP contribution in [0.5, 0.6) is 11.5 Å². The molecule has 1 fully saturated rings. The number of anilines is 1. The molecule has 2 heterocycles. The Morgan fingerprint density at radius 2 is 2.06 bits per heavy atom. The highest BCUT2D eigenvalue weighted by Crippen LogP contribution is 2.34. The lowest BCUT2D eigenvalue weighted by molar-refractivity contribution is -0.121. The molecule has 7 nitrogen and oxygen atoms in total. The molecule has 0 atom stereocenters. The molecular formula is C21H17N3O4S3. The summed E-state index contributed by atoms with van der Waals surface area (Å²) in [5.41, 5.74) is 1.60.